The van der Waals surface area contributed by atoms with Crippen molar-refractivity contribution in [3.8, 4) is 0 Å². The lowest BCUT2D eigenvalue weighted by Crippen LogP contribution is -2.28. The summed E-state index contributed by atoms with van der Waals surface area (Å²) >= 11 is 0. The third-order valence-electron chi connectivity index (χ3n) is 3.11. The van der Waals surface area contributed by atoms with Gasteiger partial charge in [-0.15, -0.1) is 0 Å². The average molecular weight is 246 g/mol. The van der Waals surface area contributed by atoms with Crippen molar-refractivity contribution in [3.05, 3.63) is 48.2 Å². The third-order valence-corrected chi connectivity index (χ3v) is 3.11. The van der Waals surface area contributed by atoms with Crippen LogP contribution in [0.5, 0.6) is 0 Å². The van der Waals surface area contributed by atoms with Crippen LogP contribution in [0.15, 0.2) is 41.1 Å². The molecule has 0 amide bonds. The predicted octanol–water partition coefficient (Wildman–Crippen LogP) is 3.21. The summed E-state index contributed by atoms with van der Waals surface area (Å²) in [6.45, 7) is 6.40. The van der Waals surface area contributed by atoms with Crippen molar-refractivity contribution >= 4 is 0 Å². The SMILES string of the molecule is CCCn1cccc1CNC(C)Cc1ccco1. The molecule has 3 nitrogen and oxygen atoms in total. The molecule has 18 heavy (non-hydrogen) atoms. The number of nitrogens with zero attached hydrogens (tertiary/aromatic N) is 1. The van der Waals surface area contributed by atoms with Crippen LogP contribution in [0, 0.1) is 0 Å². The van der Waals surface area contributed by atoms with E-state index in [0.717, 1.165) is 25.3 Å². The molecular weight excluding hydrogens is 224 g/mol. The Morgan fingerprint density at radius 2 is 2.22 bits per heavy atom. The maximum absolute atomic E-state index is 5.36. The topological polar surface area (TPSA) is 30.1 Å². The molecule has 2 aromatic rings. The van der Waals surface area contributed by atoms with E-state index in [9.17, 15) is 0 Å². The van der Waals surface area contributed by atoms with Gasteiger partial charge in [0.05, 0.1) is 6.26 Å². The van der Waals surface area contributed by atoms with Crippen LogP contribution < -0.4 is 5.32 Å². The van der Waals surface area contributed by atoms with Crippen molar-refractivity contribution in [1.82, 2.24) is 9.88 Å². The number of hydrogen-bond acceptors (Lipinski definition) is 2. The molecule has 0 spiro atoms. The summed E-state index contributed by atoms with van der Waals surface area (Å²) in [4.78, 5) is 0. The van der Waals surface area contributed by atoms with Gasteiger partial charge in [-0.1, -0.05) is 6.92 Å². The van der Waals surface area contributed by atoms with Crippen LogP contribution in [0.2, 0.25) is 0 Å². The molecule has 1 N–H and O–H groups in total. The minimum atomic E-state index is 0.418. The van der Waals surface area contributed by atoms with Crippen molar-refractivity contribution in [2.75, 3.05) is 0 Å². The monoisotopic (exact) mass is 246 g/mol. The summed E-state index contributed by atoms with van der Waals surface area (Å²) in [5.41, 5.74) is 1.35. The zero-order chi connectivity index (χ0) is 12.8. The van der Waals surface area contributed by atoms with E-state index in [1.54, 1.807) is 6.26 Å². The van der Waals surface area contributed by atoms with E-state index < -0.39 is 0 Å². The number of aryl methyl sites for hydroxylation is 1. The lowest BCUT2D eigenvalue weighted by molar-refractivity contribution is 0.451. The van der Waals surface area contributed by atoms with Crippen LogP contribution in [-0.4, -0.2) is 10.6 Å². The summed E-state index contributed by atoms with van der Waals surface area (Å²) in [7, 11) is 0. The maximum atomic E-state index is 5.36. The molecule has 1 unspecified atom stereocenters. The molecule has 0 saturated carbocycles. The standard InChI is InChI=1S/C15H22N2O/c1-3-8-17-9-4-6-14(17)12-16-13(2)11-15-7-5-10-18-15/h4-7,9-10,13,16H,3,8,11-12H2,1-2H3. The summed E-state index contributed by atoms with van der Waals surface area (Å²) in [5, 5.41) is 3.54. The van der Waals surface area contributed by atoms with Crippen molar-refractivity contribution < 1.29 is 4.42 Å². The molecule has 2 heterocycles. The molecular formula is C15H22N2O. The van der Waals surface area contributed by atoms with Gasteiger partial charge in [0.2, 0.25) is 0 Å². The van der Waals surface area contributed by atoms with Crippen molar-refractivity contribution in [1.29, 1.82) is 0 Å². The van der Waals surface area contributed by atoms with Gasteiger partial charge >= 0.3 is 0 Å². The predicted molar refractivity (Wildman–Crippen MR) is 73.4 cm³/mol. The van der Waals surface area contributed by atoms with Gasteiger partial charge in [-0.05, 0) is 37.6 Å². The summed E-state index contributed by atoms with van der Waals surface area (Å²) in [6, 6.07) is 8.68. The molecule has 1 atom stereocenters. The van der Waals surface area contributed by atoms with E-state index >= 15 is 0 Å². The van der Waals surface area contributed by atoms with E-state index in [-0.39, 0.29) is 0 Å². The summed E-state index contributed by atoms with van der Waals surface area (Å²) in [6.07, 6.45) is 5.98. The second-order valence-electron chi connectivity index (χ2n) is 4.76. The van der Waals surface area contributed by atoms with Crippen molar-refractivity contribution in [3.63, 3.8) is 0 Å². The first-order chi connectivity index (χ1) is 8.79. The van der Waals surface area contributed by atoms with Gasteiger partial charge in [0, 0.05) is 37.4 Å². The van der Waals surface area contributed by atoms with Crippen LogP contribution in [0.3, 0.4) is 0 Å². The number of rotatable bonds is 7. The molecule has 0 aliphatic heterocycles. The molecule has 0 radical (unpaired) electrons. The lowest BCUT2D eigenvalue weighted by atomic mass is 10.2. The Labute approximate surface area is 109 Å². The van der Waals surface area contributed by atoms with Crippen LogP contribution >= 0.6 is 0 Å². The molecule has 2 aromatic heterocycles. The molecule has 0 fully saturated rings. The van der Waals surface area contributed by atoms with E-state index in [0.29, 0.717) is 6.04 Å². The fourth-order valence-electron chi connectivity index (χ4n) is 2.15. The van der Waals surface area contributed by atoms with Crippen LogP contribution in [0.25, 0.3) is 0 Å². The molecule has 0 aromatic carbocycles. The van der Waals surface area contributed by atoms with Crippen molar-refractivity contribution in [2.45, 2.75) is 45.8 Å². The minimum Gasteiger partial charge on any atom is -0.469 e. The first-order valence-electron chi connectivity index (χ1n) is 6.69. The fraction of sp³-hybridized carbons (Fsp3) is 0.467. The minimum absolute atomic E-state index is 0.418. The molecule has 98 valence electrons. The van der Waals surface area contributed by atoms with Gasteiger partial charge in [-0.25, -0.2) is 0 Å². The zero-order valence-corrected chi connectivity index (χ0v) is 11.2. The zero-order valence-electron chi connectivity index (χ0n) is 11.2. The molecule has 0 saturated heterocycles. The highest BCUT2D eigenvalue weighted by atomic mass is 16.3. The van der Waals surface area contributed by atoms with Crippen LogP contribution in [0.4, 0.5) is 0 Å². The Balaban J connectivity index is 1.81. The first-order valence-corrected chi connectivity index (χ1v) is 6.69. The van der Waals surface area contributed by atoms with Crippen molar-refractivity contribution in [2.24, 2.45) is 0 Å². The molecule has 0 aliphatic carbocycles. The normalized spacial score (nSPS) is 12.8. The Kier molecular flexibility index (Phi) is 4.65. The second kappa shape index (κ2) is 6.45. The summed E-state index contributed by atoms with van der Waals surface area (Å²) in [5.74, 6) is 1.04. The average Bonchev–Trinajstić information content (AvgIpc) is 2.99. The van der Waals surface area contributed by atoms with Gasteiger partial charge in [-0.2, -0.15) is 0 Å². The van der Waals surface area contributed by atoms with Crippen LogP contribution in [-0.2, 0) is 19.5 Å². The number of aromatic nitrogens is 1. The summed E-state index contributed by atoms with van der Waals surface area (Å²) < 4.78 is 7.67. The number of hydrogen-bond donors (Lipinski definition) is 1. The van der Waals surface area contributed by atoms with E-state index in [1.807, 2.05) is 12.1 Å². The molecule has 0 bridgehead atoms. The number of nitrogens with one attached hydrogen (secondary N) is 1. The Hall–Kier alpha value is -1.48. The van der Waals surface area contributed by atoms with E-state index in [2.05, 4.69) is 42.1 Å². The Morgan fingerprint density at radius 3 is 2.94 bits per heavy atom. The Bertz CT molecular complexity index is 445. The van der Waals surface area contributed by atoms with Gasteiger partial charge in [0.25, 0.3) is 0 Å². The van der Waals surface area contributed by atoms with Gasteiger partial charge in [-0.3, -0.25) is 0 Å². The fourth-order valence-corrected chi connectivity index (χ4v) is 2.15. The molecule has 0 aliphatic rings. The first kappa shape index (κ1) is 13.0. The quantitative estimate of drug-likeness (QED) is 0.813. The smallest absolute Gasteiger partial charge is 0.105 e. The van der Waals surface area contributed by atoms with Gasteiger partial charge in [0.1, 0.15) is 5.76 Å². The highest BCUT2D eigenvalue weighted by molar-refractivity contribution is 5.07. The molecule has 2 rings (SSSR count). The highest BCUT2D eigenvalue weighted by Gasteiger charge is 2.06. The van der Waals surface area contributed by atoms with Gasteiger partial charge in [0.15, 0.2) is 0 Å². The highest BCUT2D eigenvalue weighted by Crippen LogP contribution is 2.06. The van der Waals surface area contributed by atoms with E-state index in [4.69, 9.17) is 4.42 Å². The largest absolute Gasteiger partial charge is 0.469 e. The number of furan rings is 1. The second-order valence-corrected chi connectivity index (χ2v) is 4.76. The lowest BCUT2D eigenvalue weighted by Gasteiger charge is -2.14. The Morgan fingerprint density at radius 1 is 1.33 bits per heavy atom. The van der Waals surface area contributed by atoms with Crippen LogP contribution in [0.1, 0.15) is 31.7 Å². The van der Waals surface area contributed by atoms with E-state index in [1.165, 1.54) is 12.1 Å². The maximum Gasteiger partial charge on any atom is 0.105 e. The molecule has 3 heteroatoms. The van der Waals surface area contributed by atoms with Gasteiger partial charge < -0.3 is 14.3 Å². The third kappa shape index (κ3) is 3.50.